The summed E-state index contributed by atoms with van der Waals surface area (Å²) in [4.78, 5) is 13.0. The van der Waals surface area contributed by atoms with Crippen LogP contribution in [0.2, 0.25) is 0 Å². The van der Waals surface area contributed by atoms with Crippen LogP contribution in [-0.2, 0) is 10.8 Å². The summed E-state index contributed by atoms with van der Waals surface area (Å²) in [6.45, 7) is 16.5. The molecule has 1 heterocycles. The lowest BCUT2D eigenvalue weighted by Gasteiger charge is -2.27. The van der Waals surface area contributed by atoms with Gasteiger partial charge in [-0.25, -0.2) is 4.68 Å². The van der Waals surface area contributed by atoms with Crippen LogP contribution in [-0.4, -0.2) is 14.9 Å². The van der Waals surface area contributed by atoms with Crippen LogP contribution >= 0.6 is 0 Å². The standard InChI is InChI=1S/C25H30N2O2/c1-16-19(23(29)27(26-16)18-11-9-8-10-12-18)13-17-14-20(24(2,3)4)22(28)21(15-17)25(5,6)7/h8-15,26,28H,1H2,2-7H3. The minimum absolute atomic E-state index is 0.149. The number of phenolic OH excluding ortho intramolecular Hbond substituents is 1. The van der Waals surface area contributed by atoms with E-state index < -0.39 is 0 Å². The molecule has 4 heteroatoms. The van der Waals surface area contributed by atoms with E-state index in [1.54, 1.807) is 0 Å². The fourth-order valence-electron chi connectivity index (χ4n) is 3.45. The molecule has 0 aliphatic rings. The molecule has 2 aromatic carbocycles. The van der Waals surface area contributed by atoms with Gasteiger partial charge in [0.25, 0.3) is 5.56 Å². The van der Waals surface area contributed by atoms with Crippen LogP contribution in [0.1, 0.15) is 58.2 Å². The van der Waals surface area contributed by atoms with Gasteiger partial charge in [0.05, 0.1) is 16.3 Å². The van der Waals surface area contributed by atoms with E-state index in [9.17, 15) is 9.90 Å². The molecule has 0 aliphatic heterocycles. The van der Waals surface area contributed by atoms with E-state index in [0.717, 1.165) is 22.4 Å². The molecule has 3 rings (SSSR count). The summed E-state index contributed by atoms with van der Waals surface area (Å²) < 4.78 is 1.50. The van der Waals surface area contributed by atoms with Crippen molar-refractivity contribution >= 4 is 12.7 Å². The lowest BCUT2D eigenvalue weighted by Crippen LogP contribution is -2.34. The van der Waals surface area contributed by atoms with Gasteiger partial charge >= 0.3 is 0 Å². The Morgan fingerprint density at radius 2 is 1.48 bits per heavy atom. The van der Waals surface area contributed by atoms with Gasteiger partial charge in [0.1, 0.15) is 5.75 Å². The Morgan fingerprint density at radius 3 is 1.97 bits per heavy atom. The molecule has 2 N–H and O–H groups in total. The largest absolute Gasteiger partial charge is 0.507 e. The fourth-order valence-corrected chi connectivity index (χ4v) is 3.45. The zero-order chi connectivity index (χ0) is 21.6. The Kier molecular flexibility index (Phi) is 5.08. The lowest BCUT2D eigenvalue weighted by atomic mass is 9.78. The number of rotatable bonds is 2. The van der Waals surface area contributed by atoms with Gasteiger partial charge in [-0.1, -0.05) is 66.3 Å². The summed E-state index contributed by atoms with van der Waals surface area (Å²) in [6.07, 6.45) is 1.85. The maximum Gasteiger partial charge on any atom is 0.279 e. The average Bonchev–Trinajstić information content (AvgIpc) is 2.90. The van der Waals surface area contributed by atoms with Crippen LogP contribution in [0.4, 0.5) is 0 Å². The predicted octanol–water partition coefficient (Wildman–Crippen LogP) is 3.71. The molecule has 0 spiro atoms. The van der Waals surface area contributed by atoms with E-state index in [1.165, 1.54) is 4.68 Å². The number of phenols is 1. The van der Waals surface area contributed by atoms with Crippen LogP contribution in [0.25, 0.3) is 18.3 Å². The number of para-hydroxylation sites is 1. The molecule has 0 amide bonds. The average molecular weight is 391 g/mol. The molecule has 0 radical (unpaired) electrons. The number of H-pyrrole nitrogens is 1. The van der Waals surface area contributed by atoms with Crippen LogP contribution in [0.5, 0.6) is 5.75 Å². The summed E-state index contributed by atoms with van der Waals surface area (Å²) in [5, 5.41) is 15.0. The second-order valence-corrected chi connectivity index (χ2v) is 9.59. The van der Waals surface area contributed by atoms with Crippen LogP contribution in [0, 0.1) is 0 Å². The second-order valence-electron chi connectivity index (χ2n) is 9.59. The van der Waals surface area contributed by atoms with Gasteiger partial charge in [-0.05, 0) is 46.7 Å². The summed E-state index contributed by atoms with van der Waals surface area (Å²) >= 11 is 0. The number of hydrogen-bond acceptors (Lipinski definition) is 2. The van der Waals surface area contributed by atoms with Crippen LogP contribution < -0.4 is 16.1 Å². The third kappa shape index (κ3) is 4.07. The van der Waals surface area contributed by atoms with Crippen molar-refractivity contribution in [3.8, 4) is 11.4 Å². The normalized spacial score (nSPS) is 13.1. The number of aromatic hydroxyl groups is 1. The van der Waals surface area contributed by atoms with Crippen molar-refractivity contribution in [1.29, 1.82) is 0 Å². The van der Waals surface area contributed by atoms with Gasteiger partial charge in [-0.2, -0.15) is 0 Å². The monoisotopic (exact) mass is 390 g/mol. The van der Waals surface area contributed by atoms with Gasteiger partial charge in [0, 0.05) is 11.1 Å². The van der Waals surface area contributed by atoms with E-state index in [0.29, 0.717) is 16.3 Å². The lowest BCUT2D eigenvalue weighted by molar-refractivity contribution is 0.423. The van der Waals surface area contributed by atoms with Gasteiger partial charge in [-0.15, -0.1) is 0 Å². The number of nitrogens with one attached hydrogen (secondary N) is 1. The van der Waals surface area contributed by atoms with E-state index >= 15 is 0 Å². The first kappa shape index (κ1) is 20.7. The Morgan fingerprint density at radius 1 is 0.966 bits per heavy atom. The molecule has 0 saturated carbocycles. The maximum atomic E-state index is 13.0. The van der Waals surface area contributed by atoms with E-state index in [4.69, 9.17) is 0 Å². The Balaban J connectivity index is 2.28. The first-order valence-electron chi connectivity index (χ1n) is 9.84. The third-order valence-electron chi connectivity index (χ3n) is 5.08. The highest BCUT2D eigenvalue weighted by Gasteiger charge is 2.26. The topological polar surface area (TPSA) is 58.0 Å². The van der Waals surface area contributed by atoms with Gasteiger partial charge in [-0.3, -0.25) is 9.89 Å². The molecular formula is C25H30N2O2. The number of hydrogen-bond donors (Lipinski definition) is 2. The SMILES string of the molecule is C=c1[nH]n(-c2ccccc2)c(=O)c1=Cc1cc(C(C)(C)C)c(O)c(C(C)(C)C)c1. The summed E-state index contributed by atoms with van der Waals surface area (Å²) in [6, 6.07) is 13.4. The van der Waals surface area contributed by atoms with Crippen molar-refractivity contribution in [3.05, 3.63) is 80.1 Å². The summed E-state index contributed by atoms with van der Waals surface area (Å²) in [5.74, 6) is 0.327. The number of aromatic nitrogens is 2. The molecule has 0 unspecified atom stereocenters. The highest BCUT2D eigenvalue weighted by atomic mass is 16.3. The van der Waals surface area contributed by atoms with Crippen molar-refractivity contribution in [3.63, 3.8) is 0 Å². The summed E-state index contributed by atoms with van der Waals surface area (Å²) in [7, 11) is 0. The third-order valence-corrected chi connectivity index (χ3v) is 5.08. The Bertz CT molecular complexity index is 1170. The molecule has 3 aromatic rings. The molecule has 0 saturated heterocycles. The zero-order valence-corrected chi connectivity index (χ0v) is 18.1. The molecule has 0 bridgehead atoms. The van der Waals surface area contributed by atoms with E-state index in [2.05, 4.69) is 53.2 Å². The van der Waals surface area contributed by atoms with Gasteiger partial charge < -0.3 is 5.11 Å². The highest BCUT2D eigenvalue weighted by Crippen LogP contribution is 2.39. The van der Waals surface area contributed by atoms with Gasteiger partial charge in [0.15, 0.2) is 0 Å². The Hall–Kier alpha value is -3.01. The zero-order valence-electron chi connectivity index (χ0n) is 18.1. The van der Waals surface area contributed by atoms with Crippen molar-refractivity contribution in [2.24, 2.45) is 0 Å². The molecule has 0 atom stereocenters. The quantitative estimate of drug-likeness (QED) is 0.701. The number of aromatic amines is 1. The van der Waals surface area contributed by atoms with Crippen LogP contribution in [0.15, 0.2) is 47.3 Å². The molecule has 4 nitrogen and oxygen atoms in total. The van der Waals surface area contributed by atoms with Crippen LogP contribution in [0.3, 0.4) is 0 Å². The highest BCUT2D eigenvalue weighted by molar-refractivity contribution is 5.59. The van der Waals surface area contributed by atoms with Gasteiger partial charge in [0.2, 0.25) is 0 Å². The molecule has 152 valence electrons. The van der Waals surface area contributed by atoms with Crippen molar-refractivity contribution in [2.75, 3.05) is 0 Å². The summed E-state index contributed by atoms with van der Waals surface area (Å²) in [5.41, 5.74) is 2.75. The molecule has 1 aromatic heterocycles. The van der Waals surface area contributed by atoms with Crippen molar-refractivity contribution < 1.29 is 5.11 Å². The molecule has 0 aliphatic carbocycles. The smallest absolute Gasteiger partial charge is 0.279 e. The first-order valence-corrected chi connectivity index (χ1v) is 9.84. The van der Waals surface area contributed by atoms with E-state index in [-0.39, 0.29) is 16.4 Å². The number of nitrogens with zero attached hydrogens (tertiary/aromatic N) is 1. The Labute approximate surface area is 171 Å². The molecule has 0 fully saturated rings. The first-order chi connectivity index (χ1) is 13.4. The minimum atomic E-state index is -0.233. The predicted molar refractivity (Wildman–Crippen MR) is 120 cm³/mol. The molecule has 29 heavy (non-hydrogen) atoms. The number of benzene rings is 2. The molecular weight excluding hydrogens is 360 g/mol. The van der Waals surface area contributed by atoms with E-state index in [1.807, 2.05) is 48.5 Å². The van der Waals surface area contributed by atoms with Crippen molar-refractivity contribution in [2.45, 2.75) is 52.4 Å². The maximum absolute atomic E-state index is 13.0. The van der Waals surface area contributed by atoms with Crippen molar-refractivity contribution in [1.82, 2.24) is 9.78 Å². The fraction of sp³-hybridized carbons (Fsp3) is 0.320. The second kappa shape index (κ2) is 7.11. The minimum Gasteiger partial charge on any atom is -0.507 e.